The van der Waals surface area contributed by atoms with Crippen LogP contribution in [-0.2, 0) is 11.3 Å². The first-order valence-corrected chi connectivity index (χ1v) is 9.39. The van der Waals surface area contributed by atoms with Crippen molar-refractivity contribution in [2.45, 2.75) is 25.8 Å². The van der Waals surface area contributed by atoms with Crippen molar-refractivity contribution in [3.05, 3.63) is 29.3 Å². The summed E-state index contributed by atoms with van der Waals surface area (Å²) < 4.78 is 16.4. The molecule has 0 unspecified atom stereocenters. The van der Waals surface area contributed by atoms with Gasteiger partial charge in [-0.05, 0) is 49.9 Å². The van der Waals surface area contributed by atoms with E-state index in [4.69, 9.17) is 19.2 Å². The lowest BCUT2D eigenvalue weighted by atomic mass is 10.2. The topological polar surface area (TPSA) is 52.6 Å². The molecule has 0 bridgehead atoms. The highest BCUT2D eigenvalue weighted by molar-refractivity contribution is 7.13. The summed E-state index contributed by atoms with van der Waals surface area (Å²) in [7, 11) is 0. The van der Waals surface area contributed by atoms with E-state index >= 15 is 0 Å². The highest BCUT2D eigenvalue weighted by Gasteiger charge is 2.20. The number of nitrogens with one attached hydrogen (secondary N) is 1. The van der Waals surface area contributed by atoms with Crippen LogP contribution in [0.25, 0.3) is 10.6 Å². The molecule has 0 radical (unpaired) electrons. The summed E-state index contributed by atoms with van der Waals surface area (Å²) in [4.78, 5) is 4.70. The lowest BCUT2D eigenvalue weighted by molar-refractivity contribution is 0.122. The molecular formula is C18H22N2O3S. The van der Waals surface area contributed by atoms with E-state index in [0.717, 1.165) is 66.4 Å². The molecule has 24 heavy (non-hydrogen) atoms. The number of benzene rings is 1. The maximum Gasteiger partial charge on any atom is 0.231 e. The van der Waals surface area contributed by atoms with Gasteiger partial charge in [-0.25, -0.2) is 4.98 Å². The Kier molecular flexibility index (Phi) is 4.96. The van der Waals surface area contributed by atoms with Crippen LogP contribution in [0.5, 0.6) is 11.5 Å². The van der Waals surface area contributed by atoms with Gasteiger partial charge in [0.2, 0.25) is 6.79 Å². The molecule has 0 atom stereocenters. The Hall–Kier alpha value is -1.63. The van der Waals surface area contributed by atoms with Gasteiger partial charge in [0.1, 0.15) is 5.01 Å². The van der Waals surface area contributed by atoms with Crippen LogP contribution in [0.1, 0.15) is 25.0 Å². The average molecular weight is 346 g/mol. The number of hydrogen-bond acceptors (Lipinski definition) is 6. The Morgan fingerprint density at radius 1 is 1.25 bits per heavy atom. The molecule has 4 rings (SSSR count). The van der Waals surface area contributed by atoms with E-state index in [2.05, 4.69) is 10.7 Å². The molecule has 1 aliphatic carbocycles. The van der Waals surface area contributed by atoms with E-state index in [1.807, 2.05) is 18.2 Å². The first-order chi connectivity index (χ1) is 11.9. The van der Waals surface area contributed by atoms with Gasteiger partial charge in [0.25, 0.3) is 0 Å². The fourth-order valence-electron chi connectivity index (χ4n) is 2.60. The molecule has 1 aliphatic heterocycles. The number of rotatable bonds is 9. The van der Waals surface area contributed by atoms with E-state index in [1.165, 1.54) is 12.8 Å². The summed E-state index contributed by atoms with van der Waals surface area (Å²) in [6.07, 6.45) is 3.76. The smallest absolute Gasteiger partial charge is 0.231 e. The highest BCUT2D eigenvalue weighted by Crippen LogP contribution is 2.36. The van der Waals surface area contributed by atoms with Crippen LogP contribution in [0, 0.1) is 5.92 Å². The van der Waals surface area contributed by atoms with Gasteiger partial charge in [0, 0.05) is 30.7 Å². The second-order valence-corrected chi connectivity index (χ2v) is 7.12. The maximum atomic E-state index is 5.63. The van der Waals surface area contributed by atoms with Crippen molar-refractivity contribution in [3.8, 4) is 22.1 Å². The predicted molar refractivity (Wildman–Crippen MR) is 93.5 cm³/mol. The Morgan fingerprint density at radius 2 is 2.17 bits per heavy atom. The monoisotopic (exact) mass is 346 g/mol. The van der Waals surface area contributed by atoms with Crippen molar-refractivity contribution >= 4 is 11.3 Å². The molecule has 1 saturated carbocycles. The van der Waals surface area contributed by atoms with E-state index in [-0.39, 0.29) is 0 Å². The van der Waals surface area contributed by atoms with Gasteiger partial charge in [-0.2, -0.15) is 0 Å². The summed E-state index contributed by atoms with van der Waals surface area (Å²) >= 11 is 1.66. The fourth-order valence-corrected chi connectivity index (χ4v) is 3.42. The van der Waals surface area contributed by atoms with Crippen molar-refractivity contribution < 1.29 is 14.2 Å². The molecule has 5 nitrogen and oxygen atoms in total. The molecule has 2 heterocycles. The molecule has 1 aromatic carbocycles. The third-order valence-electron chi connectivity index (χ3n) is 4.17. The van der Waals surface area contributed by atoms with Gasteiger partial charge >= 0.3 is 0 Å². The minimum absolute atomic E-state index is 0.302. The molecule has 1 N–H and O–H groups in total. The second-order valence-electron chi connectivity index (χ2n) is 6.26. The SMILES string of the molecule is c1cc2c(cc1-c1nc(CNCCCOCC3CC3)cs1)OCO2. The van der Waals surface area contributed by atoms with E-state index in [1.54, 1.807) is 11.3 Å². The van der Waals surface area contributed by atoms with E-state index in [0.29, 0.717) is 6.79 Å². The number of aromatic nitrogens is 1. The molecular weight excluding hydrogens is 324 g/mol. The molecule has 1 aromatic heterocycles. The van der Waals surface area contributed by atoms with Gasteiger partial charge in [-0.15, -0.1) is 11.3 Å². The molecule has 2 aliphatic rings. The number of ether oxygens (including phenoxy) is 3. The van der Waals surface area contributed by atoms with Gasteiger partial charge in [-0.1, -0.05) is 0 Å². The highest BCUT2D eigenvalue weighted by atomic mass is 32.1. The molecule has 0 saturated heterocycles. The first-order valence-electron chi connectivity index (χ1n) is 8.51. The van der Waals surface area contributed by atoms with Gasteiger partial charge < -0.3 is 19.5 Å². The quantitative estimate of drug-likeness (QED) is 0.705. The van der Waals surface area contributed by atoms with Crippen LogP contribution in [0.3, 0.4) is 0 Å². The lowest BCUT2D eigenvalue weighted by Crippen LogP contribution is -2.16. The van der Waals surface area contributed by atoms with Crippen LogP contribution in [-0.4, -0.2) is 31.5 Å². The molecule has 6 heteroatoms. The average Bonchev–Trinajstić information content (AvgIpc) is 3.11. The number of thiazole rings is 1. The molecule has 0 spiro atoms. The van der Waals surface area contributed by atoms with Crippen molar-refractivity contribution in [2.24, 2.45) is 5.92 Å². The summed E-state index contributed by atoms with van der Waals surface area (Å²) in [6, 6.07) is 5.97. The minimum Gasteiger partial charge on any atom is -0.454 e. The first kappa shape index (κ1) is 15.9. The molecule has 0 amide bonds. The Morgan fingerprint density at radius 3 is 3.08 bits per heavy atom. The van der Waals surface area contributed by atoms with Crippen molar-refractivity contribution in [1.82, 2.24) is 10.3 Å². The van der Waals surface area contributed by atoms with Crippen molar-refractivity contribution in [3.63, 3.8) is 0 Å². The normalized spacial score (nSPS) is 15.8. The minimum atomic E-state index is 0.302. The zero-order valence-electron chi connectivity index (χ0n) is 13.6. The van der Waals surface area contributed by atoms with E-state index < -0.39 is 0 Å². The van der Waals surface area contributed by atoms with Gasteiger partial charge in [0.05, 0.1) is 5.69 Å². The van der Waals surface area contributed by atoms with E-state index in [9.17, 15) is 0 Å². The second kappa shape index (κ2) is 7.51. The zero-order chi connectivity index (χ0) is 16.2. The predicted octanol–water partition coefficient (Wildman–Crippen LogP) is 3.45. The Labute approximate surface area is 146 Å². The third-order valence-corrected chi connectivity index (χ3v) is 5.11. The summed E-state index contributed by atoms with van der Waals surface area (Å²) in [5, 5.41) is 6.55. The van der Waals surface area contributed by atoms with Gasteiger partial charge in [0.15, 0.2) is 11.5 Å². The number of fused-ring (bicyclic) bond motifs is 1. The van der Waals surface area contributed by atoms with Crippen LogP contribution in [0.15, 0.2) is 23.6 Å². The maximum absolute atomic E-state index is 5.63. The van der Waals surface area contributed by atoms with Crippen LogP contribution >= 0.6 is 11.3 Å². The number of hydrogen-bond donors (Lipinski definition) is 1. The number of nitrogens with zero attached hydrogens (tertiary/aromatic N) is 1. The van der Waals surface area contributed by atoms with Crippen LogP contribution in [0.4, 0.5) is 0 Å². The van der Waals surface area contributed by atoms with Gasteiger partial charge in [-0.3, -0.25) is 0 Å². The lowest BCUT2D eigenvalue weighted by Gasteiger charge is -2.04. The molecule has 2 aromatic rings. The molecule has 1 fully saturated rings. The van der Waals surface area contributed by atoms with Crippen LogP contribution in [0.2, 0.25) is 0 Å². The molecule has 128 valence electrons. The van der Waals surface area contributed by atoms with Crippen molar-refractivity contribution in [2.75, 3.05) is 26.6 Å². The third kappa shape index (κ3) is 4.06. The summed E-state index contributed by atoms with van der Waals surface area (Å²) in [6.45, 7) is 3.86. The standard InChI is InChI=1S/C18H22N2O3S/c1(7-21-10-13-2-3-13)6-19-9-15-11-24-18(20-15)14-4-5-16-17(8-14)23-12-22-16/h4-5,8,11,13,19H,1-3,6-7,9-10,12H2. The Balaban J connectivity index is 1.21. The fraction of sp³-hybridized carbons (Fsp3) is 0.500. The van der Waals surface area contributed by atoms with Crippen molar-refractivity contribution in [1.29, 1.82) is 0 Å². The Bertz CT molecular complexity index is 685. The summed E-state index contributed by atoms with van der Waals surface area (Å²) in [5.74, 6) is 2.46. The van der Waals surface area contributed by atoms with Crippen LogP contribution < -0.4 is 14.8 Å². The summed E-state index contributed by atoms with van der Waals surface area (Å²) in [5.41, 5.74) is 2.15. The zero-order valence-corrected chi connectivity index (χ0v) is 14.4. The largest absolute Gasteiger partial charge is 0.454 e.